The zero-order valence-electron chi connectivity index (χ0n) is 24.9. The summed E-state index contributed by atoms with van der Waals surface area (Å²) in [5, 5.41) is 5.92. The second-order valence-corrected chi connectivity index (χ2v) is 12.1. The zero-order valence-corrected chi connectivity index (χ0v) is 24.9. The minimum absolute atomic E-state index is 0.152. The van der Waals surface area contributed by atoms with Gasteiger partial charge >= 0.3 is 6.09 Å². The van der Waals surface area contributed by atoms with Crippen molar-refractivity contribution in [3.8, 4) is 0 Å². The number of carbonyl (C=O) groups is 3. The Morgan fingerprint density at radius 1 is 0.973 bits per heavy atom. The first-order valence-corrected chi connectivity index (χ1v) is 13.8. The van der Waals surface area contributed by atoms with Crippen LogP contribution in [-0.2, 0) is 14.3 Å². The molecule has 1 aromatic rings. The molecule has 0 aliphatic rings. The van der Waals surface area contributed by atoms with Gasteiger partial charge in [-0.3, -0.25) is 9.59 Å². The Morgan fingerprint density at radius 2 is 1.59 bits per heavy atom. The molecule has 0 radical (unpaired) electrons. The van der Waals surface area contributed by atoms with E-state index >= 15 is 0 Å². The summed E-state index contributed by atoms with van der Waals surface area (Å²) in [7, 11) is 0. The molecule has 37 heavy (non-hydrogen) atoms. The molecule has 0 aliphatic carbocycles. The summed E-state index contributed by atoms with van der Waals surface area (Å²) >= 11 is 0. The maximum absolute atomic E-state index is 14.3. The second-order valence-electron chi connectivity index (χ2n) is 12.1. The van der Waals surface area contributed by atoms with Gasteiger partial charge in [0.25, 0.3) is 0 Å². The number of ether oxygens (including phenoxy) is 1. The van der Waals surface area contributed by atoms with Crippen molar-refractivity contribution in [1.29, 1.82) is 0 Å². The van der Waals surface area contributed by atoms with E-state index in [2.05, 4.69) is 17.6 Å². The van der Waals surface area contributed by atoms with Crippen LogP contribution in [0.5, 0.6) is 0 Å². The van der Waals surface area contributed by atoms with Gasteiger partial charge in [-0.1, -0.05) is 70.7 Å². The quantitative estimate of drug-likeness (QED) is 0.319. The van der Waals surface area contributed by atoms with E-state index < -0.39 is 29.3 Å². The van der Waals surface area contributed by atoms with Crippen LogP contribution in [0.3, 0.4) is 0 Å². The van der Waals surface area contributed by atoms with Crippen LogP contribution < -0.4 is 10.6 Å². The van der Waals surface area contributed by atoms with Gasteiger partial charge in [-0.05, 0) is 71.9 Å². The summed E-state index contributed by atoms with van der Waals surface area (Å²) in [5.41, 5.74) is 0.555. The van der Waals surface area contributed by atoms with Gasteiger partial charge < -0.3 is 20.3 Å². The smallest absolute Gasteiger partial charge is 0.408 e. The van der Waals surface area contributed by atoms with Gasteiger partial charge in [0.1, 0.15) is 17.7 Å². The number of nitrogens with zero attached hydrogens (tertiary/aromatic N) is 1. The Hall–Kier alpha value is -2.57. The van der Waals surface area contributed by atoms with E-state index in [1.807, 2.05) is 65.8 Å². The maximum Gasteiger partial charge on any atom is 0.408 e. The molecule has 0 bridgehead atoms. The van der Waals surface area contributed by atoms with E-state index in [1.54, 1.807) is 25.7 Å². The summed E-state index contributed by atoms with van der Waals surface area (Å²) in [6.45, 7) is 19.6. The molecule has 0 saturated heterocycles. The van der Waals surface area contributed by atoms with Crippen molar-refractivity contribution in [2.45, 2.75) is 125 Å². The number of unbranched alkanes of at least 4 members (excludes halogenated alkanes) is 3. The Bertz CT molecular complexity index is 886. The van der Waals surface area contributed by atoms with Crippen LogP contribution in [0.25, 0.3) is 0 Å². The van der Waals surface area contributed by atoms with Crippen LogP contribution in [0, 0.1) is 12.8 Å². The number of nitrogens with one attached hydrogen (secondary N) is 2. The second kappa shape index (κ2) is 14.4. The summed E-state index contributed by atoms with van der Waals surface area (Å²) in [6.07, 6.45) is 3.88. The minimum Gasteiger partial charge on any atom is -0.444 e. The summed E-state index contributed by atoms with van der Waals surface area (Å²) < 4.78 is 5.48. The molecule has 3 atom stereocenters. The lowest BCUT2D eigenvalue weighted by atomic mass is 9.93. The fourth-order valence-electron chi connectivity index (χ4n) is 4.15. The standard InChI is InChI=1S/C30H51N3O4/c1-11-13-14-17-20-33(27(35)24(21(3)12-2)31-28(36)37-30(8,9)10)25(26(34)32-29(5,6)7)23-19-16-15-18-22(23)4/h15-16,18-19,21,24-25H,11-14,17,20H2,1-10H3,(H,31,36)(H,32,34). The van der Waals surface area contributed by atoms with Gasteiger partial charge in [0.15, 0.2) is 0 Å². The summed E-state index contributed by atoms with van der Waals surface area (Å²) in [6, 6.07) is 6.05. The molecular formula is C30H51N3O4. The van der Waals surface area contributed by atoms with Gasteiger partial charge in [0.2, 0.25) is 11.8 Å². The first kappa shape index (κ1) is 32.5. The van der Waals surface area contributed by atoms with Gasteiger partial charge in [0, 0.05) is 12.1 Å². The number of rotatable bonds is 12. The molecule has 0 aliphatic heterocycles. The van der Waals surface area contributed by atoms with Crippen LogP contribution in [0.2, 0.25) is 0 Å². The molecule has 7 heteroatoms. The van der Waals surface area contributed by atoms with Crippen molar-refractivity contribution >= 4 is 17.9 Å². The van der Waals surface area contributed by atoms with Gasteiger partial charge in [-0.25, -0.2) is 4.79 Å². The van der Waals surface area contributed by atoms with E-state index in [0.717, 1.165) is 36.8 Å². The normalized spacial score (nSPS) is 14.3. The first-order valence-electron chi connectivity index (χ1n) is 13.8. The number of benzene rings is 1. The summed E-state index contributed by atoms with van der Waals surface area (Å²) in [4.78, 5) is 42.5. The lowest BCUT2D eigenvalue weighted by molar-refractivity contribution is -0.144. The third-order valence-corrected chi connectivity index (χ3v) is 6.23. The van der Waals surface area contributed by atoms with Crippen LogP contribution in [0.15, 0.2) is 24.3 Å². The lowest BCUT2D eigenvalue weighted by Crippen LogP contribution is -2.56. The van der Waals surface area contributed by atoms with Crippen molar-refractivity contribution < 1.29 is 19.1 Å². The number of hydrogen-bond acceptors (Lipinski definition) is 4. The molecule has 3 amide bonds. The predicted octanol–water partition coefficient (Wildman–Crippen LogP) is 6.30. The fraction of sp³-hybridized carbons (Fsp3) is 0.700. The first-order chi connectivity index (χ1) is 17.1. The average Bonchev–Trinajstić information content (AvgIpc) is 2.77. The van der Waals surface area contributed by atoms with E-state index in [9.17, 15) is 14.4 Å². The molecule has 7 nitrogen and oxygen atoms in total. The molecule has 0 heterocycles. The van der Waals surface area contributed by atoms with Gasteiger partial charge in [-0.15, -0.1) is 0 Å². The van der Waals surface area contributed by atoms with Crippen molar-refractivity contribution in [2.75, 3.05) is 6.54 Å². The predicted molar refractivity (Wildman–Crippen MR) is 150 cm³/mol. The molecular weight excluding hydrogens is 466 g/mol. The van der Waals surface area contributed by atoms with Crippen LogP contribution in [-0.4, -0.2) is 46.5 Å². The highest BCUT2D eigenvalue weighted by Gasteiger charge is 2.39. The fourth-order valence-corrected chi connectivity index (χ4v) is 4.15. The lowest BCUT2D eigenvalue weighted by Gasteiger charge is -2.37. The number of carbonyl (C=O) groups excluding carboxylic acids is 3. The SMILES string of the molecule is CCCCCCN(C(=O)C(NC(=O)OC(C)(C)C)C(C)CC)C(C(=O)NC(C)(C)C)c1ccccc1C. The van der Waals surface area contributed by atoms with Crippen molar-refractivity contribution in [2.24, 2.45) is 5.92 Å². The van der Waals surface area contributed by atoms with E-state index in [0.29, 0.717) is 13.0 Å². The number of amides is 3. The molecule has 3 unspecified atom stereocenters. The summed E-state index contributed by atoms with van der Waals surface area (Å²) in [5.74, 6) is -0.652. The molecule has 210 valence electrons. The Labute approximate surface area is 225 Å². The topological polar surface area (TPSA) is 87.7 Å². The van der Waals surface area contributed by atoms with Crippen molar-refractivity contribution in [3.63, 3.8) is 0 Å². The number of aryl methyl sites for hydroxylation is 1. The third-order valence-electron chi connectivity index (χ3n) is 6.23. The molecule has 0 saturated carbocycles. The van der Waals surface area contributed by atoms with Crippen LogP contribution in [0.4, 0.5) is 4.79 Å². The number of alkyl carbamates (subject to hydrolysis) is 1. The highest BCUT2D eigenvalue weighted by Crippen LogP contribution is 2.28. The molecule has 0 aromatic heterocycles. The van der Waals surface area contributed by atoms with E-state index in [4.69, 9.17) is 4.74 Å². The molecule has 2 N–H and O–H groups in total. The zero-order chi connectivity index (χ0) is 28.4. The largest absolute Gasteiger partial charge is 0.444 e. The van der Waals surface area contributed by atoms with Crippen LogP contribution in [0.1, 0.15) is 112 Å². The molecule has 1 aromatic carbocycles. The van der Waals surface area contributed by atoms with Crippen molar-refractivity contribution in [3.05, 3.63) is 35.4 Å². The minimum atomic E-state index is -0.819. The highest BCUT2D eigenvalue weighted by molar-refractivity contribution is 5.92. The molecule has 1 rings (SSSR count). The monoisotopic (exact) mass is 517 g/mol. The Morgan fingerprint density at radius 3 is 2.11 bits per heavy atom. The Kier molecular flexibility index (Phi) is 12.6. The molecule has 0 spiro atoms. The third kappa shape index (κ3) is 11.1. The number of hydrogen-bond donors (Lipinski definition) is 2. The van der Waals surface area contributed by atoms with Crippen molar-refractivity contribution in [1.82, 2.24) is 15.5 Å². The van der Waals surface area contributed by atoms with Crippen LogP contribution >= 0.6 is 0 Å². The van der Waals surface area contributed by atoms with E-state index in [1.165, 1.54) is 0 Å². The molecule has 0 fully saturated rings. The maximum atomic E-state index is 14.3. The highest BCUT2D eigenvalue weighted by atomic mass is 16.6. The van der Waals surface area contributed by atoms with Gasteiger partial charge in [-0.2, -0.15) is 0 Å². The van der Waals surface area contributed by atoms with E-state index in [-0.39, 0.29) is 17.7 Å². The Balaban J connectivity index is 3.56. The average molecular weight is 518 g/mol. The van der Waals surface area contributed by atoms with Gasteiger partial charge in [0.05, 0.1) is 0 Å².